The number of carboxylic acids is 1. The average molecular weight is 455 g/mol. The summed E-state index contributed by atoms with van der Waals surface area (Å²) in [7, 11) is 0. The van der Waals surface area contributed by atoms with E-state index in [9.17, 15) is 9.59 Å². The van der Waals surface area contributed by atoms with Gasteiger partial charge in [-0.1, -0.05) is 84.4 Å². The summed E-state index contributed by atoms with van der Waals surface area (Å²) in [6.45, 7) is 4.27. The van der Waals surface area contributed by atoms with E-state index in [-0.39, 0.29) is 12.4 Å². The molecule has 0 bridgehead atoms. The smallest absolute Gasteiger partial charge is 0.332 e. The average Bonchev–Trinajstić information content (AvgIpc) is 3.22. The van der Waals surface area contributed by atoms with Crippen LogP contribution in [-0.4, -0.2) is 32.7 Å². The molecule has 34 heavy (non-hydrogen) atoms. The number of para-hydroxylation sites is 1. The summed E-state index contributed by atoms with van der Waals surface area (Å²) in [6.07, 6.45) is 3.14. The molecular formula is C28H26N2O4. The van der Waals surface area contributed by atoms with E-state index in [1.54, 1.807) is 0 Å². The number of aryl methyl sites for hydroxylation is 1. The predicted octanol–water partition coefficient (Wildman–Crippen LogP) is 5.28. The maximum Gasteiger partial charge on any atom is 0.332 e. The first-order valence-corrected chi connectivity index (χ1v) is 11.1. The van der Waals surface area contributed by atoms with Crippen molar-refractivity contribution >= 4 is 28.7 Å². The van der Waals surface area contributed by atoms with Gasteiger partial charge in [-0.15, -0.1) is 0 Å². The van der Waals surface area contributed by atoms with E-state index in [2.05, 4.69) is 5.10 Å². The number of nitrogens with zero attached hydrogens (tertiary/aromatic N) is 2. The zero-order valence-electron chi connectivity index (χ0n) is 19.1. The Kier molecular flexibility index (Phi) is 6.99. The lowest BCUT2D eigenvalue weighted by atomic mass is 10.0. The lowest BCUT2D eigenvalue weighted by molar-refractivity contribution is -0.149. The maximum absolute atomic E-state index is 13.1. The Hall–Kier alpha value is -4.03. The molecule has 0 unspecified atom stereocenters. The molecule has 0 aliphatic heterocycles. The first-order chi connectivity index (χ1) is 16.4. The number of ether oxygens (including phenoxy) is 1. The Labute approximate surface area is 198 Å². The Balaban J connectivity index is 1.48. The SMILES string of the molecule is Cc1ccc(C(=O)c2nn(CC=Cc3ccc(CO[C@H](C)C(=O)O)cc3)c3ccccc23)cc1. The van der Waals surface area contributed by atoms with Crippen LogP contribution in [0.4, 0.5) is 0 Å². The first kappa shape index (κ1) is 23.1. The van der Waals surface area contributed by atoms with Crippen LogP contribution in [0.15, 0.2) is 78.9 Å². The van der Waals surface area contributed by atoms with Crippen LogP contribution in [0.3, 0.4) is 0 Å². The molecule has 0 saturated heterocycles. The van der Waals surface area contributed by atoms with Gasteiger partial charge in [-0.25, -0.2) is 4.79 Å². The molecule has 0 aliphatic rings. The molecule has 4 rings (SSSR count). The highest BCUT2D eigenvalue weighted by Crippen LogP contribution is 2.22. The van der Waals surface area contributed by atoms with Crippen molar-refractivity contribution in [3.63, 3.8) is 0 Å². The number of hydrogen-bond donors (Lipinski definition) is 1. The number of ketones is 1. The Morgan fingerprint density at radius 1 is 1.03 bits per heavy atom. The number of rotatable bonds is 9. The van der Waals surface area contributed by atoms with Gasteiger partial charge in [0.1, 0.15) is 5.69 Å². The molecule has 172 valence electrons. The fraction of sp³-hybridized carbons (Fsp3) is 0.179. The molecule has 0 spiro atoms. The molecule has 6 heteroatoms. The Bertz CT molecular complexity index is 1340. The molecule has 1 aromatic heterocycles. The van der Waals surface area contributed by atoms with Gasteiger partial charge in [0.15, 0.2) is 6.10 Å². The second-order valence-corrected chi connectivity index (χ2v) is 8.18. The minimum atomic E-state index is -0.977. The number of carbonyl (C=O) groups excluding carboxylic acids is 1. The van der Waals surface area contributed by atoms with Crippen molar-refractivity contribution in [1.82, 2.24) is 9.78 Å². The summed E-state index contributed by atoms with van der Waals surface area (Å²) in [5.41, 5.74) is 4.99. The summed E-state index contributed by atoms with van der Waals surface area (Å²) >= 11 is 0. The van der Waals surface area contributed by atoms with Gasteiger partial charge in [0.2, 0.25) is 5.78 Å². The van der Waals surface area contributed by atoms with Gasteiger partial charge in [-0.05, 0) is 31.0 Å². The van der Waals surface area contributed by atoms with Crippen LogP contribution < -0.4 is 0 Å². The summed E-state index contributed by atoms with van der Waals surface area (Å²) < 4.78 is 7.15. The van der Waals surface area contributed by atoms with Crippen molar-refractivity contribution in [2.45, 2.75) is 33.1 Å². The van der Waals surface area contributed by atoms with Gasteiger partial charge in [0.25, 0.3) is 0 Å². The fourth-order valence-corrected chi connectivity index (χ4v) is 3.58. The fourth-order valence-electron chi connectivity index (χ4n) is 3.58. The topological polar surface area (TPSA) is 81.4 Å². The standard InChI is InChI=1S/C28H26N2O4/c1-19-9-15-23(16-10-19)27(31)26-24-7-3-4-8-25(24)30(29-26)17-5-6-21-11-13-22(14-12-21)18-34-20(2)28(32)33/h3-16,20H,17-18H2,1-2H3,(H,32,33)/t20-/m1/s1. The Morgan fingerprint density at radius 3 is 2.44 bits per heavy atom. The minimum Gasteiger partial charge on any atom is -0.479 e. The summed E-state index contributed by atoms with van der Waals surface area (Å²) in [6, 6.07) is 23.0. The van der Waals surface area contributed by atoms with Gasteiger partial charge in [0, 0.05) is 10.9 Å². The third kappa shape index (κ3) is 5.30. The second kappa shape index (κ2) is 10.3. The number of allylic oxidation sites excluding steroid dienone is 1. The van der Waals surface area contributed by atoms with Crippen molar-refractivity contribution < 1.29 is 19.4 Å². The van der Waals surface area contributed by atoms with Gasteiger partial charge in [0.05, 0.1) is 18.7 Å². The van der Waals surface area contributed by atoms with Crippen molar-refractivity contribution in [3.05, 3.63) is 107 Å². The van der Waals surface area contributed by atoms with Crippen molar-refractivity contribution in [3.8, 4) is 0 Å². The second-order valence-electron chi connectivity index (χ2n) is 8.18. The molecule has 0 amide bonds. The number of fused-ring (bicyclic) bond motifs is 1. The van der Waals surface area contributed by atoms with Crippen LogP contribution in [0.1, 0.15) is 39.7 Å². The van der Waals surface area contributed by atoms with Crippen molar-refractivity contribution in [1.29, 1.82) is 0 Å². The summed E-state index contributed by atoms with van der Waals surface area (Å²) in [5, 5.41) is 14.4. The predicted molar refractivity (Wildman–Crippen MR) is 132 cm³/mol. The van der Waals surface area contributed by atoms with Gasteiger partial charge < -0.3 is 9.84 Å². The van der Waals surface area contributed by atoms with Gasteiger partial charge in [-0.3, -0.25) is 9.48 Å². The molecule has 4 aromatic rings. The van der Waals surface area contributed by atoms with E-state index in [0.717, 1.165) is 27.6 Å². The zero-order chi connectivity index (χ0) is 24.1. The van der Waals surface area contributed by atoms with E-state index >= 15 is 0 Å². The Morgan fingerprint density at radius 2 is 1.74 bits per heavy atom. The number of carbonyl (C=O) groups is 2. The van der Waals surface area contributed by atoms with Crippen LogP contribution in [0.2, 0.25) is 0 Å². The van der Waals surface area contributed by atoms with E-state index < -0.39 is 12.1 Å². The van der Waals surface area contributed by atoms with Crippen molar-refractivity contribution in [2.24, 2.45) is 0 Å². The number of aliphatic carboxylic acids is 1. The molecular weight excluding hydrogens is 428 g/mol. The van der Waals surface area contributed by atoms with Gasteiger partial charge in [-0.2, -0.15) is 5.10 Å². The molecule has 1 atom stereocenters. The van der Waals surface area contributed by atoms with E-state index in [4.69, 9.17) is 9.84 Å². The zero-order valence-corrected chi connectivity index (χ0v) is 19.1. The van der Waals surface area contributed by atoms with Crippen LogP contribution >= 0.6 is 0 Å². The first-order valence-electron chi connectivity index (χ1n) is 11.1. The molecule has 1 heterocycles. The largest absolute Gasteiger partial charge is 0.479 e. The molecule has 0 radical (unpaired) electrons. The van der Waals surface area contributed by atoms with Crippen LogP contribution in [0.5, 0.6) is 0 Å². The number of aromatic nitrogens is 2. The molecule has 0 aliphatic carbocycles. The molecule has 1 N–H and O–H groups in total. The maximum atomic E-state index is 13.1. The number of hydrogen-bond acceptors (Lipinski definition) is 4. The third-order valence-corrected chi connectivity index (χ3v) is 5.60. The molecule has 0 fully saturated rings. The number of carboxylic acid groups (broad SMARTS) is 1. The lowest BCUT2D eigenvalue weighted by Gasteiger charge is -2.08. The van der Waals surface area contributed by atoms with Gasteiger partial charge >= 0.3 is 5.97 Å². The molecule has 3 aromatic carbocycles. The molecule has 6 nitrogen and oxygen atoms in total. The van der Waals surface area contributed by atoms with Crippen molar-refractivity contribution in [2.75, 3.05) is 0 Å². The highest BCUT2D eigenvalue weighted by atomic mass is 16.5. The lowest BCUT2D eigenvalue weighted by Crippen LogP contribution is -2.19. The quantitative estimate of drug-likeness (QED) is 0.348. The third-order valence-electron chi connectivity index (χ3n) is 5.60. The minimum absolute atomic E-state index is 0.0889. The van der Waals surface area contributed by atoms with E-state index in [1.807, 2.05) is 96.6 Å². The highest BCUT2D eigenvalue weighted by Gasteiger charge is 2.18. The van der Waals surface area contributed by atoms with E-state index in [1.165, 1.54) is 6.92 Å². The van der Waals surface area contributed by atoms with Crippen LogP contribution in [0.25, 0.3) is 17.0 Å². The van der Waals surface area contributed by atoms with Crippen LogP contribution in [0, 0.1) is 6.92 Å². The monoisotopic (exact) mass is 454 g/mol. The summed E-state index contributed by atoms with van der Waals surface area (Å²) in [5.74, 6) is -1.07. The number of benzene rings is 3. The normalized spacial score (nSPS) is 12.3. The van der Waals surface area contributed by atoms with Crippen LogP contribution in [-0.2, 0) is 22.7 Å². The highest BCUT2D eigenvalue weighted by molar-refractivity contribution is 6.14. The van der Waals surface area contributed by atoms with E-state index in [0.29, 0.717) is 17.8 Å². The summed E-state index contributed by atoms with van der Waals surface area (Å²) in [4.78, 5) is 24.0. The molecule has 0 saturated carbocycles.